The number of carbonyl (C=O) groups excluding carboxylic acids is 2. The van der Waals surface area contributed by atoms with Gasteiger partial charge in [0.05, 0.1) is 6.54 Å². The van der Waals surface area contributed by atoms with Gasteiger partial charge in [-0.2, -0.15) is 0 Å². The third-order valence-corrected chi connectivity index (χ3v) is 4.66. The van der Waals surface area contributed by atoms with E-state index in [0.29, 0.717) is 18.4 Å². The van der Waals surface area contributed by atoms with Gasteiger partial charge in [0.2, 0.25) is 5.91 Å². The van der Waals surface area contributed by atoms with Crippen molar-refractivity contribution in [3.63, 3.8) is 0 Å². The Labute approximate surface area is 132 Å². The number of hydrogen-bond donors (Lipinski definition) is 0. The smallest absolute Gasteiger partial charge is 0.225 e. The number of benzene rings is 1. The molecule has 22 heavy (non-hydrogen) atoms. The van der Waals surface area contributed by atoms with E-state index in [0.717, 1.165) is 50.1 Å². The minimum atomic E-state index is 0.180. The quantitative estimate of drug-likeness (QED) is 0.799. The maximum atomic E-state index is 12.5. The highest BCUT2D eigenvalue weighted by Gasteiger charge is 2.34. The van der Waals surface area contributed by atoms with Gasteiger partial charge in [-0.15, -0.1) is 0 Å². The Balaban J connectivity index is 1.53. The van der Waals surface area contributed by atoms with Crippen LogP contribution >= 0.6 is 0 Å². The van der Waals surface area contributed by atoms with Gasteiger partial charge in [0.1, 0.15) is 0 Å². The molecule has 118 valence electrons. The summed E-state index contributed by atoms with van der Waals surface area (Å²) in [5.41, 5.74) is 3.05. The van der Waals surface area contributed by atoms with Crippen molar-refractivity contribution in [2.45, 2.75) is 26.7 Å². The highest BCUT2D eigenvalue weighted by Crippen LogP contribution is 2.31. The molecule has 1 aliphatic heterocycles. The van der Waals surface area contributed by atoms with Crippen LogP contribution < -0.4 is 0 Å². The van der Waals surface area contributed by atoms with E-state index in [2.05, 4.69) is 11.0 Å². The molecular weight excluding hydrogens is 276 g/mol. The van der Waals surface area contributed by atoms with E-state index in [1.165, 1.54) is 5.56 Å². The van der Waals surface area contributed by atoms with Gasteiger partial charge in [-0.3, -0.25) is 14.5 Å². The van der Waals surface area contributed by atoms with E-state index in [1.54, 1.807) is 0 Å². The number of ketones is 1. The van der Waals surface area contributed by atoms with Crippen molar-refractivity contribution in [1.82, 2.24) is 9.80 Å². The Kier molecular flexibility index (Phi) is 4.30. The molecule has 0 atom stereocenters. The number of hydrogen-bond acceptors (Lipinski definition) is 3. The summed E-state index contributed by atoms with van der Waals surface area (Å²) in [4.78, 5) is 28.6. The predicted molar refractivity (Wildman–Crippen MR) is 86.0 cm³/mol. The van der Waals surface area contributed by atoms with Gasteiger partial charge in [0, 0.05) is 37.7 Å². The highest BCUT2D eigenvalue weighted by molar-refractivity contribution is 5.99. The van der Waals surface area contributed by atoms with E-state index in [-0.39, 0.29) is 5.78 Å². The lowest BCUT2D eigenvalue weighted by molar-refractivity contribution is -0.134. The molecule has 1 amide bonds. The van der Waals surface area contributed by atoms with Gasteiger partial charge in [-0.25, -0.2) is 0 Å². The van der Waals surface area contributed by atoms with E-state index in [4.69, 9.17) is 0 Å². The highest BCUT2D eigenvalue weighted by atomic mass is 16.2. The summed E-state index contributed by atoms with van der Waals surface area (Å²) in [6.45, 7) is 7.61. The van der Waals surface area contributed by atoms with Crippen LogP contribution in [0.4, 0.5) is 0 Å². The van der Waals surface area contributed by atoms with E-state index in [1.807, 2.05) is 30.9 Å². The van der Waals surface area contributed by atoms with Crippen LogP contribution in [-0.2, 0) is 4.79 Å². The van der Waals surface area contributed by atoms with Crippen LogP contribution in [0, 0.1) is 19.8 Å². The van der Waals surface area contributed by atoms with Crippen molar-refractivity contribution in [2.75, 3.05) is 32.7 Å². The fourth-order valence-electron chi connectivity index (χ4n) is 3.13. The van der Waals surface area contributed by atoms with Gasteiger partial charge in [-0.05, 0) is 32.3 Å². The van der Waals surface area contributed by atoms with Gasteiger partial charge < -0.3 is 4.90 Å². The molecule has 0 unspecified atom stereocenters. The third-order valence-electron chi connectivity index (χ3n) is 4.66. The lowest BCUT2D eigenvalue weighted by Gasteiger charge is -2.34. The second-order valence-electron chi connectivity index (χ2n) is 6.62. The summed E-state index contributed by atoms with van der Waals surface area (Å²) in [7, 11) is 0. The molecule has 0 radical (unpaired) electrons. The third kappa shape index (κ3) is 3.38. The maximum absolute atomic E-state index is 12.5. The van der Waals surface area contributed by atoms with E-state index < -0.39 is 0 Å². The first-order valence-corrected chi connectivity index (χ1v) is 8.16. The maximum Gasteiger partial charge on any atom is 0.225 e. The van der Waals surface area contributed by atoms with Crippen LogP contribution in [0.1, 0.15) is 34.3 Å². The first-order chi connectivity index (χ1) is 10.5. The standard InChI is InChI=1S/C18H24N2O2/c1-13-3-6-16(14(2)11-13)17(21)12-19-7-9-20(10-8-19)18(22)15-4-5-15/h3,6,11,15H,4-5,7-10,12H2,1-2H3. The average Bonchev–Trinajstić information content (AvgIpc) is 3.31. The molecule has 1 saturated carbocycles. The molecule has 1 aromatic carbocycles. The van der Waals surface area contributed by atoms with Crippen LogP contribution in [0.15, 0.2) is 18.2 Å². The fourth-order valence-corrected chi connectivity index (χ4v) is 3.13. The number of rotatable bonds is 4. The summed E-state index contributed by atoms with van der Waals surface area (Å²) in [5.74, 6) is 0.795. The van der Waals surface area contributed by atoms with Crippen molar-refractivity contribution in [3.8, 4) is 0 Å². The second kappa shape index (κ2) is 6.21. The van der Waals surface area contributed by atoms with Crippen LogP contribution in [0.25, 0.3) is 0 Å². The largest absolute Gasteiger partial charge is 0.340 e. The first-order valence-electron chi connectivity index (χ1n) is 8.16. The molecule has 2 aliphatic rings. The van der Waals surface area contributed by atoms with Crippen LogP contribution in [0.5, 0.6) is 0 Å². The molecular formula is C18H24N2O2. The van der Waals surface area contributed by atoms with Crippen LogP contribution in [0.3, 0.4) is 0 Å². The normalized spacial score (nSPS) is 19.3. The second-order valence-corrected chi connectivity index (χ2v) is 6.62. The van der Waals surface area contributed by atoms with Crippen LogP contribution in [0.2, 0.25) is 0 Å². The van der Waals surface area contributed by atoms with Gasteiger partial charge >= 0.3 is 0 Å². The minimum absolute atomic E-state index is 0.180. The Morgan fingerprint density at radius 2 is 1.77 bits per heavy atom. The molecule has 3 rings (SSSR count). The van der Waals surface area contributed by atoms with Crippen molar-refractivity contribution < 1.29 is 9.59 Å². The number of piperazine rings is 1. The molecule has 4 heteroatoms. The fraction of sp³-hybridized carbons (Fsp3) is 0.556. The van der Waals surface area contributed by atoms with Crippen molar-refractivity contribution >= 4 is 11.7 Å². The van der Waals surface area contributed by atoms with Crippen molar-refractivity contribution in [3.05, 3.63) is 34.9 Å². The SMILES string of the molecule is Cc1ccc(C(=O)CN2CCN(C(=O)C3CC3)CC2)c(C)c1. The predicted octanol–water partition coefficient (Wildman–Crippen LogP) is 2.04. The number of carbonyl (C=O) groups is 2. The zero-order valence-corrected chi connectivity index (χ0v) is 13.5. The molecule has 0 bridgehead atoms. The van der Waals surface area contributed by atoms with Crippen LogP contribution in [-0.4, -0.2) is 54.2 Å². The summed E-state index contributed by atoms with van der Waals surface area (Å²) in [6, 6.07) is 5.98. The van der Waals surface area contributed by atoms with Gasteiger partial charge in [0.25, 0.3) is 0 Å². The summed E-state index contributed by atoms with van der Waals surface area (Å²) < 4.78 is 0. The lowest BCUT2D eigenvalue weighted by Crippen LogP contribution is -2.50. The molecule has 1 heterocycles. The average molecular weight is 300 g/mol. The van der Waals surface area contributed by atoms with Crippen molar-refractivity contribution in [1.29, 1.82) is 0 Å². The van der Waals surface area contributed by atoms with Gasteiger partial charge in [0.15, 0.2) is 5.78 Å². The Hall–Kier alpha value is -1.68. The molecule has 1 saturated heterocycles. The topological polar surface area (TPSA) is 40.6 Å². The zero-order chi connectivity index (χ0) is 15.7. The Morgan fingerprint density at radius 1 is 1.09 bits per heavy atom. The Bertz CT molecular complexity index is 585. The van der Waals surface area contributed by atoms with E-state index >= 15 is 0 Å². The summed E-state index contributed by atoms with van der Waals surface area (Å²) in [5, 5.41) is 0. The number of aryl methyl sites for hydroxylation is 2. The molecule has 2 fully saturated rings. The Morgan fingerprint density at radius 3 is 2.36 bits per heavy atom. The summed E-state index contributed by atoms with van der Waals surface area (Å²) >= 11 is 0. The lowest BCUT2D eigenvalue weighted by atomic mass is 10.0. The minimum Gasteiger partial charge on any atom is -0.340 e. The van der Waals surface area contributed by atoms with Crippen molar-refractivity contribution in [2.24, 2.45) is 5.92 Å². The number of Topliss-reactive ketones (excluding diaryl/α,β-unsaturated/α-hetero) is 1. The molecule has 4 nitrogen and oxygen atoms in total. The zero-order valence-electron chi connectivity index (χ0n) is 13.5. The molecule has 1 aromatic rings. The molecule has 1 aliphatic carbocycles. The molecule has 0 aromatic heterocycles. The van der Waals surface area contributed by atoms with E-state index in [9.17, 15) is 9.59 Å². The molecule has 0 N–H and O–H groups in total. The van der Waals surface area contributed by atoms with Gasteiger partial charge in [-0.1, -0.05) is 23.8 Å². The summed E-state index contributed by atoms with van der Waals surface area (Å²) in [6.07, 6.45) is 2.12. The number of nitrogens with zero attached hydrogens (tertiary/aromatic N) is 2. The monoisotopic (exact) mass is 300 g/mol. The molecule has 0 spiro atoms. The number of amides is 1. The first kappa shape index (κ1) is 15.2.